The molecule has 0 aliphatic heterocycles. The van der Waals surface area contributed by atoms with Gasteiger partial charge in [0.1, 0.15) is 11.4 Å². The van der Waals surface area contributed by atoms with Crippen molar-refractivity contribution in [1.82, 2.24) is 4.57 Å². The molecular weight excluding hydrogens is 300 g/mol. The quantitative estimate of drug-likeness (QED) is 0.766. The number of nitrogens with one attached hydrogen (secondary N) is 1. The molecule has 4 nitrogen and oxygen atoms in total. The minimum Gasteiger partial charge on any atom is -0.495 e. The highest BCUT2D eigenvalue weighted by molar-refractivity contribution is 6.09. The van der Waals surface area contributed by atoms with E-state index in [4.69, 9.17) is 4.74 Å². The summed E-state index contributed by atoms with van der Waals surface area (Å²) in [5.74, 6) is 0.542. The Balaban J connectivity index is 2.07. The Labute approximate surface area is 142 Å². The Morgan fingerprint density at radius 3 is 2.62 bits per heavy atom. The summed E-state index contributed by atoms with van der Waals surface area (Å²) in [5, 5.41) is 4.12. The molecule has 1 heterocycles. The van der Waals surface area contributed by atoms with Gasteiger partial charge in [0.05, 0.1) is 12.8 Å². The summed E-state index contributed by atoms with van der Waals surface area (Å²) in [6, 6.07) is 13.9. The number of anilines is 1. The Hall–Kier alpha value is -2.75. The Morgan fingerprint density at radius 1 is 1.17 bits per heavy atom. The standard InChI is InChI=1S/C20H22N2O2/c1-5-22-17-9-7-6-8-15(17)14(3)19(22)20(23)21-16-12-13(2)10-11-18(16)24-4/h6-12H,5H2,1-4H3,(H,21,23). The molecule has 0 saturated carbocycles. The molecule has 0 radical (unpaired) electrons. The fourth-order valence-electron chi connectivity index (χ4n) is 3.20. The smallest absolute Gasteiger partial charge is 0.272 e. The molecule has 0 unspecified atom stereocenters. The maximum Gasteiger partial charge on any atom is 0.272 e. The zero-order chi connectivity index (χ0) is 17.3. The van der Waals surface area contributed by atoms with Crippen LogP contribution in [-0.2, 0) is 6.54 Å². The lowest BCUT2D eigenvalue weighted by atomic mass is 10.1. The largest absolute Gasteiger partial charge is 0.495 e. The lowest BCUT2D eigenvalue weighted by Crippen LogP contribution is -2.18. The highest BCUT2D eigenvalue weighted by atomic mass is 16.5. The first-order chi connectivity index (χ1) is 11.6. The average Bonchev–Trinajstić information content (AvgIpc) is 2.87. The van der Waals surface area contributed by atoms with Crippen molar-refractivity contribution in [1.29, 1.82) is 0 Å². The molecular formula is C20H22N2O2. The molecule has 0 fully saturated rings. The number of methoxy groups -OCH3 is 1. The second-order valence-electron chi connectivity index (χ2n) is 5.89. The van der Waals surface area contributed by atoms with E-state index in [-0.39, 0.29) is 5.91 Å². The Bertz CT molecular complexity index is 909. The van der Waals surface area contributed by atoms with Crippen LogP contribution in [-0.4, -0.2) is 17.6 Å². The zero-order valence-electron chi connectivity index (χ0n) is 14.5. The molecule has 1 aromatic heterocycles. The van der Waals surface area contributed by atoms with Crippen molar-refractivity contribution < 1.29 is 9.53 Å². The van der Waals surface area contributed by atoms with Crippen LogP contribution >= 0.6 is 0 Å². The molecule has 3 aromatic rings. The van der Waals surface area contributed by atoms with E-state index in [1.54, 1.807) is 7.11 Å². The third kappa shape index (κ3) is 2.64. The topological polar surface area (TPSA) is 43.3 Å². The Morgan fingerprint density at radius 2 is 1.92 bits per heavy atom. The van der Waals surface area contributed by atoms with Crippen molar-refractivity contribution in [3.63, 3.8) is 0 Å². The second-order valence-corrected chi connectivity index (χ2v) is 5.89. The number of aryl methyl sites for hydroxylation is 3. The first kappa shape index (κ1) is 16.1. The minimum absolute atomic E-state index is 0.116. The fraction of sp³-hybridized carbons (Fsp3) is 0.250. The van der Waals surface area contributed by atoms with Gasteiger partial charge in [-0.15, -0.1) is 0 Å². The van der Waals surface area contributed by atoms with Crippen LogP contribution in [0.1, 0.15) is 28.5 Å². The summed E-state index contributed by atoms with van der Waals surface area (Å²) in [6.07, 6.45) is 0. The molecule has 124 valence electrons. The van der Waals surface area contributed by atoms with Crippen LogP contribution in [0.4, 0.5) is 5.69 Å². The van der Waals surface area contributed by atoms with Crippen LogP contribution in [0.3, 0.4) is 0 Å². The van der Waals surface area contributed by atoms with E-state index in [1.165, 1.54) is 0 Å². The van der Waals surface area contributed by atoms with Gasteiger partial charge in [-0.25, -0.2) is 0 Å². The molecule has 0 atom stereocenters. The second kappa shape index (κ2) is 6.40. The predicted molar refractivity (Wildman–Crippen MR) is 98.0 cm³/mol. The van der Waals surface area contributed by atoms with E-state index < -0.39 is 0 Å². The highest BCUT2D eigenvalue weighted by Crippen LogP contribution is 2.29. The van der Waals surface area contributed by atoms with E-state index in [0.717, 1.165) is 28.6 Å². The van der Waals surface area contributed by atoms with E-state index >= 15 is 0 Å². The number of hydrogen-bond acceptors (Lipinski definition) is 2. The summed E-state index contributed by atoms with van der Waals surface area (Å²) in [6.45, 7) is 6.78. The highest BCUT2D eigenvalue weighted by Gasteiger charge is 2.20. The zero-order valence-corrected chi connectivity index (χ0v) is 14.5. The third-order valence-electron chi connectivity index (χ3n) is 4.36. The van der Waals surface area contributed by atoms with Crippen molar-refractivity contribution >= 4 is 22.5 Å². The van der Waals surface area contributed by atoms with Crippen molar-refractivity contribution in [2.24, 2.45) is 0 Å². The Kier molecular flexibility index (Phi) is 4.30. The van der Waals surface area contributed by atoms with Crippen LogP contribution in [0.5, 0.6) is 5.75 Å². The number of hydrogen-bond donors (Lipinski definition) is 1. The first-order valence-electron chi connectivity index (χ1n) is 8.10. The monoisotopic (exact) mass is 322 g/mol. The molecule has 1 N–H and O–H groups in total. The van der Waals surface area contributed by atoms with Gasteiger partial charge in [0, 0.05) is 17.4 Å². The van der Waals surface area contributed by atoms with Crippen molar-refractivity contribution in [3.8, 4) is 5.75 Å². The molecule has 24 heavy (non-hydrogen) atoms. The summed E-state index contributed by atoms with van der Waals surface area (Å²) < 4.78 is 7.42. The van der Waals surface area contributed by atoms with Gasteiger partial charge in [0.15, 0.2) is 0 Å². The van der Waals surface area contributed by atoms with E-state index in [9.17, 15) is 4.79 Å². The summed E-state index contributed by atoms with van der Waals surface area (Å²) >= 11 is 0. The lowest BCUT2D eigenvalue weighted by Gasteiger charge is -2.13. The van der Waals surface area contributed by atoms with Crippen LogP contribution < -0.4 is 10.1 Å². The van der Waals surface area contributed by atoms with Gasteiger partial charge in [-0.3, -0.25) is 4.79 Å². The number of carbonyl (C=O) groups excluding carboxylic acids is 1. The van der Waals surface area contributed by atoms with E-state index in [1.807, 2.05) is 44.2 Å². The number of fused-ring (bicyclic) bond motifs is 1. The van der Waals surface area contributed by atoms with Crippen molar-refractivity contribution in [2.75, 3.05) is 12.4 Å². The van der Waals surface area contributed by atoms with Gasteiger partial charge < -0.3 is 14.6 Å². The van der Waals surface area contributed by atoms with E-state index in [0.29, 0.717) is 17.1 Å². The molecule has 0 aliphatic rings. The normalized spacial score (nSPS) is 10.8. The molecule has 4 heteroatoms. The number of aromatic nitrogens is 1. The maximum absolute atomic E-state index is 13.0. The van der Waals surface area contributed by atoms with Gasteiger partial charge in [0.2, 0.25) is 0 Å². The lowest BCUT2D eigenvalue weighted by molar-refractivity contribution is 0.101. The van der Waals surface area contributed by atoms with Crippen molar-refractivity contribution in [2.45, 2.75) is 27.3 Å². The number of rotatable bonds is 4. The fourth-order valence-corrected chi connectivity index (χ4v) is 3.20. The van der Waals surface area contributed by atoms with Crippen molar-refractivity contribution in [3.05, 3.63) is 59.3 Å². The maximum atomic E-state index is 13.0. The number of nitrogens with zero attached hydrogens (tertiary/aromatic N) is 1. The van der Waals surface area contributed by atoms with Gasteiger partial charge in [0.25, 0.3) is 5.91 Å². The average molecular weight is 322 g/mol. The molecule has 3 rings (SSSR count). The number of para-hydroxylation sites is 1. The van der Waals surface area contributed by atoms with Crippen LogP contribution in [0.25, 0.3) is 10.9 Å². The van der Waals surface area contributed by atoms with Crippen LogP contribution in [0.15, 0.2) is 42.5 Å². The third-order valence-corrected chi connectivity index (χ3v) is 4.36. The van der Waals surface area contributed by atoms with Gasteiger partial charge >= 0.3 is 0 Å². The summed E-state index contributed by atoms with van der Waals surface area (Å²) in [7, 11) is 1.61. The van der Waals surface area contributed by atoms with Gasteiger partial charge in [-0.05, 0) is 50.1 Å². The number of carbonyl (C=O) groups is 1. The number of benzene rings is 2. The first-order valence-corrected chi connectivity index (χ1v) is 8.10. The number of ether oxygens (including phenoxy) is 1. The van der Waals surface area contributed by atoms with Crippen LogP contribution in [0.2, 0.25) is 0 Å². The van der Waals surface area contributed by atoms with Crippen LogP contribution in [0, 0.1) is 13.8 Å². The minimum atomic E-state index is -0.116. The molecule has 0 bridgehead atoms. The summed E-state index contributed by atoms with van der Waals surface area (Å²) in [4.78, 5) is 13.0. The van der Waals surface area contributed by atoms with Gasteiger partial charge in [-0.2, -0.15) is 0 Å². The van der Waals surface area contributed by atoms with Gasteiger partial charge in [-0.1, -0.05) is 24.3 Å². The molecule has 1 amide bonds. The molecule has 0 saturated heterocycles. The number of amides is 1. The molecule has 0 aliphatic carbocycles. The molecule has 0 spiro atoms. The summed E-state index contributed by atoms with van der Waals surface area (Å²) in [5.41, 5.74) is 4.53. The van der Waals surface area contributed by atoms with E-state index in [2.05, 4.69) is 28.9 Å². The predicted octanol–water partition coefficient (Wildman–Crippen LogP) is 4.54. The SMILES string of the molecule is CCn1c(C(=O)Nc2cc(C)ccc2OC)c(C)c2ccccc21. The molecule has 2 aromatic carbocycles.